The van der Waals surface area contributed by atoms with E-state index in [1.165, 1.54) is 23.5 Å². The topological polar surface area (TPSA) is 92.5 Å². The Morgan fingerprint density at radius 3 is 2.60 bits per heavy atom. The zero-order valence-corrected chi connectivity index (χ0v) is 12.2. The third-order valence-corrected chi connectivity index (χ3v) is 5.44. The van der Waals surface area contributed by atoms with E-state index in [2.05, 4.69) is 5.32 Å². The lowest BCUT2D eigenvalue weighted by Gasteiger charge is -2.22. The molecule has 20 heavy (non-hydrogen) atoms. The van der Waals surface area contributed by atoms with E-state index in [9.17, 15) is 13.2 Å². The highest BCUT2D eigenvalue weighted by atomic mass is 32.2. The summed E-state index contributed by atoms with van der Waals surface area (Å²) < 4.78 is 26.4. The minimum absolute atomic E-state index is 0.200. The number of likely N-dealkylation sites (N-methyl/N-ethyl adjacent to an activating group) is 1. The summed E-state index contributed by atoms with van der Waals surface area (Å²) in [5.41, 5.74) is 6.37. The Labute approximate surface area is 119 Å². The van der Waals surface area contributed by atoms with Gasteiger partial charge in [-0.15, -0.1) is 0 Å². The molecule has 1 heterocycles. The number of nitrogens with one attached hydrogen (secondary N) is 1. The number of nitrogens with two attached hydrogens (primary N) is 1. The van der Waals surface area contributed by atoms with Gasteiger partial charge in [-0.1, -0.05) is 12.1 Å². The molecule has 1 amide bonds. The van der Waals surface area contributed by atoms with E-state index in [0.29, 0.717) is 25.9 Å². The maximum atomic E-state index is 12.6. The summed E-state index contributed by atoms with van der Waals surface area (Å²) in [6.45, 7) is 0.740. The molecule has 0 aliphatic carbocycles. The van der Waals surface area contributed by atoms with Crippen molar-refractivity contribution in [2.45, 2.75) is 30.3 Å². The minimum atomic E-state index is -3.64. The van der Waals surface area contributed by atoms with E-state index in [1.54, 1.807) is 12.1 Å². The number of rotatable bonds is 4. The first kappa shape index (κ1) is 15.0. The second-order valence-electron chi connectivity index (χ2n) is 4.74. The van der Waals surface area contributed by atoms with Gasteiger partial charge in [0.1, 0.15) is 6.04 Å². The van der Waals surface area contributed by atoms with Crippen LogP contribution in [0.4, 0.5) is 0 Å². The van der Waals surface area contributed by atoms with Crippen molar-refractivity contribution in [1.29, 1.82) is 0 Å². The Bertz CT molecular complexity index is 583. The van der Waals surface area contributed by atoms with Crippen molar-refractivity contribution in [2.75, 3.05) is 13.6 Å². The lowest BCUT2D eigenvalue weighted by atomic mass is 10.2. The number of nitrogens with zero attached hydrogens (tertiary/aromatic N) is 1. The van der Waals surface area contributed by atoms with Crippen LogP contribution >= 0.6 is 0 Å². The molecule has 2 rings (SSSR count). The average Bonchev–Trinajstić information content (AvgIpc) is 2.96. The van der Waals surface area contributed by atoms with Crippen LogP contribution in [-0.4, -0.2) is 38.3 Å². The molecule has 1 aromatic carbocycles. The predicted octanol–water partition coefficient (Wildman–Crippen LogP) is 0.0444. The van der Waals surface area contributed by atoms with Crippen molar-refractivity contribution in [1.82, 2.24) is 9.62 Å². The molecule has 0 saturated carbocycles. The molecular formula is C13H19N3O3S. The van der Waals surface area contributed by atoms with Crippen molar-refractivity contribution >= 4 is 15.9 Å². The van der Waals surface area contributed by atoms with Gasteiger partial charge in [0.15, 0.2) is 0 Å². The first-order chi connectivity index (χ1) is 9.50. The van der Waals surface area contributed by atoms with Gasteiger partial charge in [-0.2, -0.15) is 4.31 Å². The number of benzene rings is 1. The summed E-state index contributed by atoms with van der Waals surface area (Å²) in [4.78, 5) is 12.0. The highest BCUT2D eigenvalue weighted by Gasteiger charge is 2.38. The van der Waals surface area contributed by atoms with Crippen LogP contribution in [0.5, 0.6) is 0 Å². The Kier molecular flexibility index (Phi) is 4.42. The quantitative estimate of drug-likeness (QED) is 0.821. The normalized spacial score (nSPS) is 20.0. The highest BCUT2D eigenvalue weighted by molar-refractivity contribution is 7.89. The zero-order chi connectivity index (χ0) is 14.8. The van der Waals surface area contributed by atoms with E-state index >= 15 is 0 Å². The number of amides is 1. The van der Waals surface area contributed by atoms with E-state index in [0.717, 1.165) is 5.56 Å². The highest BCUT2D eigenvalue weighted by Crippen LogP contribution is 2.26. The van der Waals surface area contributed by atoms with Gasteiger partial charge < -0.3 is 11.1 Å². The van der Waals surface area contributed by atoms with Gasteiger partial charge in [0, 0.05) is 20.1 Å². The first-order valence-electron chi connectivity index (χ1n) is 6.53. The molecule has 0 bridgehead atoms. The number of hydrogen-bond donors (Lipinski definition) is 2. The van der Waals surface area contributed by atoms with Crippen molar-refractivity contribution in [3.05, 3.63) is 29.8 Å². The SMILES string of the molecule is CNC(=O)C1CCCN1S(=O)(=O)c1ccc(CN)cc1. The van der Waals surface area contributed by atoms with E-state index in [4.69, 9.17) is 5.73 Å². The van der Waals surface area contributed by atoms with Gasteiger partial charge in [0.25, 0.3) is 0 Å². The maximum Gasteiger partial charge on any atom is 0.243 e. The smallest absolute Gasteiger partial charge is 0.243 e. The lowest BCUT2D eigenvalue weighted by Crippen LogP contribution is -2.44. The van der Waals surface area contributed by atoms with E-state index in [-0.39, 0.29) is 10.8 Å². The van der Waals surface area contributed by atoms with Crippen LogP contribution in [0.2, 0.25) is 0 Å². The van der Waals surface area contributed by atoms with Crippen molar-refractivity contribution in [3.63, 3.8) is 0 Å². The fraction of sp³-hybridized carbons (Fsp3) is 0.462. The van der Waals surface area contributed by atoms with Crippen LogP contribution in [-0.2, 0) is 21.4 Å². The number of carbonyl (C=O) groups excluding carboxylic acids is 1. The largest absolute Gasteiger partial charge is 0.358 e. The van der Waals surface area contributed by atoms with Crippen LogP contribution in [0.15, 0.2) is 29.2 Å². The third-order valence-electron chi connectivity index (χ3n) is 3.52. The minimum Gasteiger partial charge on any atom is -0.358 e. The fourth-order valence-electron chi connectivity index (χ4n) is 2.39. The molecule has 3 N–H and O–H groups in total. The molecule has 0 spiro atoms. The average molecular weight is 297 g/mol. The van der Waals surface area contributed by atoms with Crippen LogP contribution in [0.1, 0.15) is 18.4 Å². The molecule has 0 radical (unpaired) electrons. The summed E-state index contributed by atoms with van der Waals surface area (Å²) >= 11 is 0. The Morgan fingerprint density at radius 1 is 1.40 bits per heavy atom. The Morgan fingerprint density at radius 2 is 2.05 bits per heavy atom. The molecule has 0 aromatic heterocycles. The Hall–Kier alpha value is -1.44. The van der Waals surface area contributed by atoms with Crippen molar-refractivity contribution in [3.8, 4) is 0 Å². The lowest BCUT2D eigenvalue weighted by molar-refractivity contribution is -0.123. The Balaban J connectivity index is 2.31. The molecule has 1 aliphatic heterocycles. The molecule has 6 nitrogen and oxygen atoms in total. The van der Waals surface area contributed by atoms with E-state index in [1.807, 2.05) is 0 Å². The monoisotopic (exact) mass is 297 g/mol. The summed E-state index contributed by atoms with van der Waals surface area (Å²) in [6.07, 6.45) is 1.25. The second-order valence-corrected chi connectivity index (χ2v) is 6.63. The second kappa shape index (κ2) is 5.90. The molecule has 1 unspecified atom stereocenters. The zero-order valence-electron chi connectivity index (χ0n) is 11.4. The van der Waals surface area contributed by atoms with Crippen LogP contribution in [0.3, 0.4) is 0 Å². The summed E-state index contributed by atoms with van der Waals surface area (Å²) in [5, 5.41) is 2.52. The molecule has 1 saturated heterocycles. The van der Waals surface area contributed by atoms with Gasteiger partial charge >= 0.3 is 0 Å². The molecule has 1 fully saturated rings. The van der Waals surface area contributed by atoms with E-state index < -0.39 is 16.1 Å². The predicted molar refractivity (Wildman–Crippen MR) is 75.3 cm³/mol. The molecule has 1 aliphatic rings. The molecule has 1 atom stereocenters. The fourth-order valence-corrected chi connectivity index (χ4v) is 4.05. The summed E-state index contributed by atoms with van der Waals surface area (Å²) in [6, 6.07) is 5.85. The first-order valence-corrected chi connectivity index (χ1v) is 7.97. The summed E-state index contributed by atoms with van der Waals surface area (Å²) in [7, 11) is -2.12. The molecular weight excluding hydrogens is 278 g/mol. The number of sulfonamides is 1. The van der Waals surface area contributed by atoms with Gasteiger partial charge in [-0.3, -0.25) is 4.79 Å². The van der Waals surface area contributed by atoms with Crippen LogP contribution in [0.25, 0.3) is 0 Å². The number of hydrogen-bond acceptors (Lipinski definition) is 4. The molecule has 7 heteroatoms. The van der Waals surface area contributed by atoms with Gasteiger partial charge in [0.05, 0.1) is 4.90 Å². The molecule has 110 valence electrons. The maximum absolute atomic E-state index is 12.6. The van der Waals surface area contributed by atoms with Crippen molar-refractivity contribution in [2.24, 2.45) is 5.73 Å². The molecule has 1 aromatic rings. The van der Waals surface area contributed by atoms with Gasteiger partial charge in [-0.05, 0) is 30.5 Å². The standard InChI is InChI=1S/C13H19N3O3S/c1-15-13(17)12-3-2-8-16(12)20(18,19)11-6-4-10(9-14)5-7-11/h4-7,12H,2-3,8-9,14H2,1H3,(H,15,17). The van der Waals surface area contributed by atoms with Gasteiger partial charge in [0.2, 0.25) is 15.9 Å². The van der Waals surface area contributed by atoms with Crippen LogP contribution in [0, 0.1) is 0 Å². The van der Waals surface area contributed by atoms with Crippen molar-refractivity contribution < 1.29 is 13.2 Å². The third kappa shape index (κ3) is 2.70. The van der Waals surface area contributed by atoms with Gasteiger partial charge in [-0.25, -0.2) is 8.42 Å². The van der Waals surface area contributed by atoms with Crippen LogP contribution < -0.4 is 11.1 Å². The number of carbonyl (C=O) groups is 1. The summed E-state index contributed by atoms with van der Waals surface area (Å²) in [5.74, 6) is -0.260.